The average Bonchev–Trinajstić information content (AvgIpc) is 2.71. The van der Waals surface area contributed by atoms with Crippen LogP contribution in [0.15, 0.2) is 18.2 Å². The molecule has 1 heterocycles. The van der Waals surface area contributed by atoms with Crippen LogP contribution in [0.25, 0.3) is 0 Å². The van der Waals surface area contributed by atoms with Gasteiger partial charge in [0, 0.05) is 18.2 Å². The van der Waals surface area contributed by atoms with Crippen LogP contribution in [0, 0.1) is 5.41 Å². The number of carboxylic acid groups (broad SMARTS) is 1. The largest absolute Gasteiger partial charge is 0.497 e. The first-order chi connectivity index (χ1) is 7.96. The zero-order chi connectivity index (χ0) is 12.6. The van der Waals surface area contributed by atoms with Crippen molar-refractivity contribution in [2.75, 3.05) is 19.0 Å². The molecule has 0 fully saturated rings. The van der Waals surface area contributed by atoms with E-state index in [0.717, 1.165) is 17.0 Å². The monoisotopic (exact) mass is 235 g/mol. The van der Waals surface area contributed by atoms with Crippen LogP contribution in [0.4, 0.5) is 5.69 Å². The van der Waals surface area contributed by atoms with Gasteiger partial charge in [0.2, 0.25) is 0 Å². The number of hydrogen-bond acceptors (Lipinski definition) is 3. The van der Waals surface area contributed by atoms with Gasteiger partial charge in [-0.05, 0) is 37.6 Å². The van der Waals surface area contributed by atoms with Crippen molar-refractivity contribution in [2.45, 2.75) is 19.8 Å². The van der Waals surface area contributed by atoms with Crippen molar-refractivity contribution in [1.82, 2.24) is 0 Å². The molecule has 1 aliphatic rings. The van der Waals surface area contributed by atoms with E-state index < -0.39 is 11.4 Å². The Balaban J connectivity index is 2.42. The zero-order valence-electron chi connectivity index (χ0n) is 10.3. The number of hydrogen-bond donors (Lipinski definition) is 2. The average molecular weight is 235 g/mol. The summed E-state index contributed by atoms with van der Waals surface area (Å²) in [6, 6.07) is 5.73. The molecule has 0 radical (unpaired) electrons. The number of carboxylic acids is 1. The van der Waals surface area contributed by atoms with Gasteiger partial charge >= 0.3 is 5.97 Å². The topological polar surface area (TPSA) is 58.6 Å². The number of fused-ring (bicyclic) bond motifs is 1. The molecule has 92 valence electrons. The molecule has 1 unspecified atom stereocenters. The SMILES string of the molecule is COc1ccc2c(c1)C(C(C)(C)C(=O)O)CN2. The predicted molar refractivity (Wildman–Crippen MR) is 65.6 cm³/mol. The maximum absolute atomic E-state index is 11.3. The zero-order valence-corrected chi connectivity index (χ0v) is 10.3. The number of benzene rings is 1. The van der Waals surface area contributed by atoms with Gasteiger partial charge in [0.25, 0.3) is 0 Å². The van der Waals surface area contributed by atoms with Gasteiger partial charge in [-0.2, -0.15) is 0 Å². The molecule has 0 amide bonds. The first kappa shape index (κ1) is 11.8. The summed E-state index contributed by atoms with van der Waals surface area (Å²) in [6.45, 7) is 4.17. The molecule has 1 aliphatic heterocycles. The van der Waals surface area contributed by atoms with E-state index in [4.69, 9.17) is 4.74 Å². The highest BCUT2D eigenvalue weighted by atomic mass is 16.5. The smallest absolute Gasteiger partial charge is 0.309 e. The quantitative estimate of drug-likeness (QED) is 0.844. The van der Waals surface area contributed by atoms with E-state index in [0.29, 0.717) is 6.54 Å². The molecule has 0 aromatic heterocycles. The third kappa shape index (κ3) is 1.84. The van der Waals surface area contributed by atoms with E-state index in [1.165, 1.54) is 0 Å². The fraction of sp³-hybridized carbons (Fsp3) is 0.462. The van der Waals surface area contributed by atoms with Gasteiger partial charge in [0.05, 0.1) is 12.5 Å². The molecule has 1 aromatic carbocycles. The highest BCUT2D eigenvalue weighted by Crippen LogP contribution is 2.44. The lowest BCUT2D eigenvalue weighted by Crippen LogP contribution is -2.32. The summed E-state index contributed by atoms with van der Waals surface area (Å²) < 4.78 is 5.19. The van der Waals surface area contributed by atoms with Gasteiger partial charge in [-0.15, -0.1) is 0 Å². The molecule has 4 nitrogen and oxygen atoms in total. The van der Waals surface area contributed by atoms with Crippen molar-refractivity contribution < 1.29 is 14.6 Å². The Morgan fingerprint density at radius 3 is 2.82 bits per heavy atom. The van der Waals surface area contributed by atoms with Crippen LogP contribution in [-0.4, -0.2) is 24.7 Å². The molecule has 2 N–H and O–H groups in total. The van der Waals surface area contributed by atoms with E-state index >= 15 is 0 Å². The summed E-state index contributed by atoms with van der Waals surface area (Å²) in [5, 5.41) is 12.5. The van der Waals surface area contributed by atoms with Crippen molar-refractivity contribution in [2.24, 2.45) is 5.41 Å². The maximum Gasteiger partial charge on any atom is 0.309 e. The molecule has 1 atom stereocenters. The molecule has 0 saturated heterocycles. The fourth-order valence-electron chi connectivity index (χ4n) is 2.23. The fourth-order valence-corrected chi connectivity index (χ4v) is 2.23. The van der Waals surface area contributed by atoms with Crippen LogP contribution < -0.4 is 10.1 Å². The van der Waals surface area contributed by atoms with E-state index in [1.54, 1.807) is 21.0 Å². The van der Waals surface area contributed by atoms with Crippen LogP contribution in [0.1, 0.15) is 25.3 Å². The van der Waals surface area contributed by atoms with Gasteiger partial charge in [0.15, 0.2) is 0 Å². The first-order valence-corrected chi connectivity index (χ1v) is 5.62. The minimum Gasteiger partial charge on any atom is -0.497 e. The molecule has 17 heavy (non-hydrogen) atoms. The van der Waals surface area contributed by atoms with Crippen molar-refractivity contribution >= 4 is 11.7 Å². The Kier molecular flexibility index (Phi) is 2.73. The number of rotatable bonds is 3. The van der Waals surface area contributed by atoms with Crippen molar-refractivity contribution in [1.29, 1.82) is 0 Å². The molecular weight excluding hydrogens is 218 g/mol. The summed E-state index contributed by atoms with van der Waals surface area (Å²) in [5.41, 5.74) is 1.24. The highest BCUT2D eigenvalue weighted by molar-refractivity contribution is 5.77. The second kappa shape index (κ2) is 3.95. The number of ether oxygens (including phenoxy) is 1. The summed E-state index contributed by atoms with van der Waals surface area (Å²) in [7, 11) is 1.61. The Morgan fingerprint density at radius 2 is 2.24 bits per heavy atom. The van der Waals surface area contributed by atoms with Gasteiger partial charge in [0.1, 0.15) is 5.75 Å². The molecule has 0 spiro atoms. The van der Waals surface area contributed by atoms with Gasteiger partial charge in [-0.25, -0.2) is 0 Å². The molecule has 4 heteroatoms. The minimum atomic E-state index is -0.787. The second-order valence-corrected chi connectivity index (χ2v) is 4.91. The van der Waals surface area contributed by atoms with Gasteiger partial charge in [-0.3, -0.25) is 4.79 Å². The molecular formula is C13H17NO3. The third-order valence-electron chi connectivity index (χ3n) is 3.55. The standard InChI is InChI=1S/C13H17NO3/c1-13(2,12(15)16)10-7-14-11-5-4-8(17-3)6-9(10)11/h4-6,10,14H,7H2,1-3H3,(H,15,16). The van der Waals surface area contributed by atoms with Crippen LogP contribution >= 0.6 is 0 Å². The highest BCUT2D eigenvalue weighted by Gasteiger charge is 2.41. The summed E-state index contributed by atoms with van der Waals surface area (Å²) in [6.07, 6.45) is 0. The number of nitrogens with one attached hydrogen (secondary N) is 1. The van der Waals surface area contributed by atoms with Gasteiger partial charge in [-0.1, -0.05) is 0 Å². The number of anilines is 1. The van der Waals surface area contributed by atoms with E-state index in [1.807, 2.05) is 18.2 Å². The van der Waals surface area contributed by atoms with Gasteiger partial charge < -0.3 is 15.2 Å². The molecule has 0 aliphatic carbocycles. The van der Waals surface area contributed by atoms with Crippen LogP contribution in [0.5, 0.6) is 5.75 Å². The molecule has 0 saturated carbocycles. The molecule has 1 aromatic rings. The Hall–Kier alpha value is -1.71. The molecule has 0 bridgehead atoms. The van der Waals surface area contributed by atoms with Crippen molar-refractivity contribution in [3.8, 4) is 5.75 Å². The van der Waals surface area contributed by atoms with Crippen molar-refractivity contribution in [3.63, 3.8) is 0 Å². The van der Waals surface area contributed by atoms with Crippen LogP contribution in [0.2, 0.25) is 0 Å². The number of carbonyl (C=O) groups is 1. The summed E-state index contributed by atoms with van der Waals surface area (Å²) >= 11 is 0. The van der Waals surface area contributed by atoms with Crippen molar-refractivity contribution in [3.05, 3.63) is 23.8 Å². The predicted octanol–water partition coefficient (Wildman–Crippen LogP) is 2.32. The minimum absolute atomic E-state index is 0.0369. The van der Waals surface area contributed by atoms with E-state index in [-0.39, 0.29) is 5.92 Å². The number of methoxy groups -OCH3 is 1. The summed E-state index contributed by atoms with van der Waals surface area (Å²) in [5.74, 6) is -0.0521. The lowest BCUT2D eigenvalue weighted by molar-refractivity contribution is -0.148. The Morgan fingerprint density at radius 1 is 1.53 bits per heavy atom. The lowest BCUT2D eigenvalue weighted by Gasteiger charge is -2.26. The number of aliphatic carboxylic acids is 1. The third-order valence-corrected chi connectivity index (χ3v) is 3.55. The second-order valence-electron chi connectivity index (χ2n) is 4.91. The Bertz CT molecular complexity index is 454. The first-order valence-electron chi connectivity index (χ1n) is 5.62. The van der Waals surface area contributed by atoms with Crippen LogP contribution in [0.3, 0.4) is 0 Å². The Labute approximate surface area is 101 Å². The van der Waals surface area contributed by atoms with E-state index in [2.05, 4.69) is 5.32 Å². The van der Waals surface area contributed by atoms with E-state index in [9.17, 15) is 9.90 Å². The summed E-state index contributed by atoms with van der Waals surface area (Å²) in [4.78, 5) is 11.3. The van der Waals surface area contributed by atoms with Crippen LogP contribution in [-0.2, 0) is 4.79 Å². The molecule has 2 rings (SSSR count). The lowest BCUT2D eigenvalue weighted by atomic mass is 9.76. The maximum atomic E-state index is 11.3. The normalized spacial score (nSPS) is 18.4.